The van der Waals surface area contributed by atoms with Crippen LogP contribution in [0.25, 0.3) is 0 Å². The van der Waals surface area contributed by atoms with Crippen molar-refractivity contribution in [3.63, 3.8) is 0 Å². The second-order valence-corrected chi connectivity index (χ2v) is 4.32. The highest BCUT2D eigenvalue weighted by atomic mass is 14.9. The Morgan fingerprint density at radius 2 is 1.77 bits per heavy atom. The number of rotatable bonds is 8. The molecule has 3 N–H and O–H groups in total. The van der Waals surface area contributed by atoms with Crippen molar-refractivity contribution in [3.05, 3.63) is 0 Å². The predicted molar refractivity (Wildman–Crippen MR) is 59.8 cm³/mol. The highest BCUT2D eigenvalue weighted by Crippen LogP contribution is 2.05. The van der Waals surface area contributed by atoms with Gasteiger partial charge >= 0.3 is 0 Å². The summed E-state index contributed by atoms with van der Waals surface area (Å²) >= 11 is 0. The van der Waals surface area contributed by atoms with E-state index in [1.54, 1.807) is 0 Å². The van der Waals surface area contributed by atoms with E-state index in [-0.39, 0.29) is 0 Å². The molecular formula is C11H26N2. The second kappa shape index (κ2) is 8.52. The first-order valence-electron chi connectivity index (χ1n) is 5.60. The van der Waals surface area contributed by atoms with Gasteiger partial charge in [0.25, 0.3) is 0 Å². The minimum atomic E-state index is 0.587. The monoisotopic (exact) mass is 186 g/mol. The first-order chi connectivity index (χ1) is 6.16. The van der Waals surface area contributed by atoms with Crippen molar-refractivity contribution in [1.29, 1.82) is 0 Å². The fraction of sp³-hybridized carbons (Fsp3) is 1.00. The van der Waals surface area contributed by atoms with Gasteiger partial charge in [-0.05, 0) is 38.8 Å². The lowest BCUT2D eigenvalue weighted by molar-refractivity contribution is 0.478. The van der Waals surface area contributed by atoms with E-state index in [2.05, 4.69) is 26.1 Å². The summed E-state index contributed by atoms with van der Waals surface area (Å²) in [5, 5.41) is 3.48. The number of hydrogen-bond donors (Lipinski definition) is 2. The van der Waals surface area contributed by atoms with Gasteiger partial charge in [0.15, 0.2) is 0 Å². The van der Waals surface area contributed by atoms with E-state index in [1.807, 2.05) is 0 Å². The van der Waals surface area contributed by atoms with Crippen molar-refractivity contribution in [2.45, 2.75) is 52.5 Å². The first kappa shape index (κ1) is 12.9. The van der Waals surface area contributed by atoms with Crippen LogP contribution in [0.2, 0.25) is 0 Å². The Hall–Kier alpha value is -0.0800. The third kappa shape index (κ3) is 9.84. The summed E-state index contributed by atoms with van der Waals surface area (Å²) in [5.74, 6) is 0.849. The summed E-state index contributed by atoms with van der Waals surface area (Å²) in [4.78, 5) is 0. The number of hydrogen-bond acceptors (Lipinski definition) is 2. The molecule has 0 fully saturated rings. The number of nitrogens with one attached hydrogen (secondary N) is 1. The standard InChI is InChI=1S/C11H26N2/c1-10(2)6-4-5-9-13-11(3)7-8-12/h10-11,13H,4-9,12H2,1-3H3. The zero-order chi connectivity index (χ0) is 10.1. The average molecular weight is 186 g/mol. The molecule has 0 aliphatic heterocycles. The Balaban J connectivity index is 3.06. The smallest absolute Gasteiger partial charge is 0.00507 e. The Morgan fingerprint density at radius 1 is 1.08 bits per heavy atom. The summed E-state index contributed by atoms with van der Waals surface area (Å²) in [5.41, 5.74) is 5.46. The molecule has 0 aromatic carbocycles. The molecule has 13 heavy (non-hydrogen) atoms. The summed E-state index contributed by atoms with van der Waals surface area (Å²) in [6, 6.07) is 0.587. The quantitative estimate of drug-likeness (QED) is 0.570. The van der Waals surface area contributed by atoms with Gasteiger partial charge in [0.2, 0.25) is 0 Å². The molecule has 0 radical (unpaired) electrons. The summed E-state index contributed by atoms with van der Waals surface area (Å²) in [6.07, 6.45) is 5.09. The third-order valence-electron chi connectivity index (χ3n) is 2.30. The van der Waals surface area contributed by atoms with Crippen molar-refractivity contribution >= 4 is 0 Å². The van der Waals surface area contributed by atoms with Crippen LogP contribution in [0, 0.1) is 5.92 Å². The molecule has 0 heterocycles. The normalized spacial score (nSPS) is 13.6. The van der Waals surface area contributed by atoms with Gasteiger partial charge < -0.3 is 11.1 Å². The lowest BCUT2D eigenvalue weighted by atomic mass is 10.1. The molecule has 0 aromatic rings. The molecular weight excluding hydrogens is 160 g/mol. The fourth-order valence-electron chi connectivity index (χ4n) is 1.38. The van der Waals surface area contributed by atoms with Crippen LogP contribution < -0.4 is 11.1 Å². The fourth-order valence-corrected chi connectivity index (χ4v) is 1.38. The van der Waals surface area contributed by atoms with Gasteiger partial charge in [-0.3, -0.25) is 0 Å². The molecule has 0 saturated carbocycles. The number of unbranched alkanes of at least 4 members (excludes halogenated alkanes) is 1. The first-order valence-corrected chi connectivity index (χ1v) is 5.60. The lowest BCUT2D eigenvalue weighted by Gasteiger charge is -2.12. The summed E-state index contributed by atoms with van der Waals surface area (Å²) in [6.45, 7) is 8.71. The highest BCUT2D eigenvalue weighted by Gasteiger charge is 1.98. The molecule has 0 saturated heterocycles. The van der Waals surface area contributed by atoms with Crippen molar-refractivity contribution in [1.82, 2.24) is 5.32 Å². The Labute approximate surface area is 83.3 Å². The van der Waals surface area contributed by atoms with Gasteiger partial charge in [0, 0.05) is 6.04 Å². The van der Waals surface area contributed by atoms with Gasteiger partial charge in [-0.15, -0.1) is 0 Å². The maximum Gasteiger partial charge on any atom is 0.00507 e. The molecule has 0 bridgehead atoms. The van der Waals surface area contributed by atoms with Crippen molar-refractivity contribution in [2.75, 3.05) is 13.1 Å². The van der Waals surface area contributed by atoms with Crippen LogP contribution in [0.3, 0.4) is 0 Å². The van der Waals surface area contributed by atoms with Gasteiger partial charge in [0.1, 0.15) is 0 Å². The largest absolute Gasteiger partial charge is 0.330 e. The molecule has 80 valence electrons. The third-order valence-corrected chi connectivity index (χ3v) is 2.30. The van der Waals surface area contributed by atoms with E-state index >= 15 is 0 Å². The molecule has 2 nitrogen and oxygen atoms in total. The van der Waals surface area contributed by atoms with Crippen LogP contribution in [0.5, 0.6) is 0 Å². The minimum Gasteiger partial charge on any atom is -0.330 e. The maximum absolute atomic E-state index is 5.46. The van der Waals surface area contributed by atoms with E-state index in [0.29, 0.717) is 6.04 Å². The molecule has 2 heteroatoms. The molecule has 0 aliphatic carbocycles. The molecule has 1 atom stereocenters. The maximum atomic E-state index is 5.46. The lowest BCUT2D eigenvalue weighted by Crippen LogP contribution is -2.29. The van der Waals surface area contributed by atoms with Crippen LogP contribution in [0.1, 0.15) is 46.5 Å². The van der Waals surface area contributed by atoms with Crippen molar-refractivity contribution < 1.29 is 0 Å². The van der Waals surface area contributed by atoms with E-state index in [9.17, 15) is 0 Å². The highest BCUT2D eigenvalue weighted by molar-refractivity contribution is 4.60. The minimum absolute atomic E-state index is 0.587. The molecule has 0 spiro atoms. The molecule has 1 unspecified atom stereocenters. The van der Waals surface area contributed by atoms with Gasteiger partial charge in [-0.1, -0.05) is 26.7 Å². The Bertz CT molecular complexity index is 102. The van der Waals surface area contributed by atoms with Crippen LogP contribution >= 0.6 is 0 Å². The molecule has 0 aromatic heterocycles. The van der Waals surface area contributed by atoms with Crippen LogP contribution in [0.15, 0.2) is 0 Å². The van der Waals surface area contributed by atoms with Crippen molar-refractivity contribution in [3.8, 4) is 0 Å². The topological polar surface area (TPSA) is 38.0 Å². The van der Waals surface area contributed by atoms with E-state index in [0.717, 1.165) is 25.4 Å². The number of nitrogens with two attached hydrogens (primary N) is 1. The van der Waals surface area contributed by atoms with E-state index < -0.39 is 0 Å². The van der Waals surface area contributed by atoms with E-state index in [4.69, 9.17) is 5.73 Å². The van der Waals surface area contributed by atoms with Crippen LogP contribution in [-0.2, 0) is 0 Å². The summed E-state index contributed by atoms with van der Waals surface area (Å²) < 4.78 is 0. The molecule has 0 aliphatic rings. The Kier molecular flexibility index (Phi) is 8.46. The SMILES string of the molecule is CC(C)CCCCNC(C)CCN. The van der Waals surface area contributed by atoms with Crippen molar-refractivity contribution in [2.24, 2.45) is 11.7 Å². The van der Waals surface area contributed by atoms with Crippen LogP contribution in [0.4, 0.5) is 0 Å². The molecule has 0 amide bonds. The predicted octanol–water partition coefficient (Wildman–Crippen LogP) is 2.14. The average Bonchev–Trinajstić information content (AvgIpc) is 2.03. The summed E-state index contributed by atoms with van der Waals surface area (Å²) in [7, 11) is 0. The van der Waals surface area contributed by atoms with Gasteiger partial charge in [-0.2, -0.15) is 0 Å². The van der Waals surface area contributed by atoms with Gasteiger partial charge in [0.05, 0.1) is 0 Å². The van der Waals surface area contributed by atoms with Crippen LogP contribution in [-0.4, -0.2) is 19.1 Å². The van der Waals surface area contributed by atoms with Gasteiger partial charge in [-0.25, -0.2) is 0 Å². The molecule has 0 rings (SSSR count). The van der Waals surface area contributed by atoms with E-state index in [1.165, 1.54) is 19.3 Å². The Morgan fingerprint density at radius 3 is 2.31 bits per heavy atom. The second-order valence-electron chi connectivity index (χ2n) is 4.32. The zero-order valence-electron chi connectivity index (χ0n) is 9.47. The zero-order valence-corrected chi connectivity index (χ0v) is 9.47.